The number of hydrogen-bond acceptors (Lipinski definition) is 4. The molecule has 0 spiro atoms. The number of ether oxygens (including phenoxy) is 1. The number of hydrogen-bond donors (Lipinski definition) is 0. The summed E-state index contributed by atoms with van der Waals surface area (Å²) in [5, 5.41) is 1.00. The number of amides is 1. The molecule has 0 saturated carbocycles. The maximum atomic E-state index is 12.6. The van der Waals surface area contributed by atoms with Gasteiger partial charge in [-0.15, -0.1) is 0 Å². The molecule has 3 heterocycles. The zero-order chi connectivity index (χ0) is 19.2. The Kier molecular flexibility index (Phi) is 6.22. The average molecular weight is 380 g/mol. The number of pyridine rings is 1. The van der Waals surface area contributed by atoms with Gasteiger partial charge in [0.2, 0.25) is 0 Å². The van der Waals surface area contributed by atoms with Crippen molar-refractivity contribution in [3.05, 3.63) is 48.2 Å². The monoisotopic (exact) mass is 379 g/mol. The van der Waals surface area contributed by atoms with Crippen molar-refractivity contribution in [1.29, 1.82) is 0 Å². The summed E-state index contributed by atoms with van der Waals surface area (Å²) in [4.78, 5) is 21.6. The molecule has 148 valence electrons. The van der Waals surface area contributed by atoms with E-state index in [0.717, 1.165) is 49.2 Å². The third kappa shape index (κ3) is 4.71. The van der Waals surface area contributed by atoms with Crippen LogP contribution < -0.4 is 4.74 Å². The summed E-state index contributed by atoms with van der Waals surface area (Å²) >= 11 is 0. The van der Waals surface area contributed by atoms with E-state index in [-0.39, 0.29) is 5.91 Å². The van der Waals surface area contributed by atoms with Crippen molar-refractivity contribution in [1.82, 2.24) is 14.8 Å². The van der Waals surface area contributed by atoms with Gasteiger partial charge in [-0.1, -0.05) is 24.6 Å². The number of benzene rings is 1. The fraction of sp³-hybridized carbons (Fsp3) is 0.478. The van der Waals surface area contributed by atoms with Crippen molar-refractivity contribution in [3.8, 4) is 5.75 Å². The van der Waals surface area contributed by atoms with E-state index < -0.39 is 0 Å². The van der Waals surface area contributed by atoms with E-state index in [2.05, 4.69) is 16.0 Å². The minimum atomic E-state index is 0.00397. The number of fused-ring (bicyclic) bond motifs is 1. The molecule has 28 heavy (non-hydrogen) atoms. The Bertz CT molecular complexity index is 843. The SMILES string of the molecule is O=C(c1ccc2cc(OCCCN3CCCCC3)ccc2n1)N1CC=CCC1. The minimum Gasteiger partial charge on any atom is -0.494 e. The first kappa shape index (κ1) is 18.9. The molecule has 0 radical (unpaired) electrons. The van der Waals surface area contributed by atoms with E-state index >= 15 is 0 Å². The molecule has 0 bridgehead atoms. The van der Waals surface area contributed by atoms with Gasteiger partial charge >= 0.3 is 0 Å². The first-order valence-electron chi connectivity index (χ1n) is 10.5. The van der Waals surface area contributed by atoms with Gasteiger partial charge in [0.15, 0.2) is 0 Å². The van der Waals surface area contributed by atoms with Crippen LogP contribution in [0.5, 0.6) is 5.75 Å². The third-order valence-electron chi connectivity index (χ3n) is 5.56. The minimum absolute atomic E-state index is 0.00397. The largest absolute Gasteiger partial charge is 0.494 e. The van der Waals surface area contributed by atoms with Crippen LogP contribution in [0.15, 0.2) is 42.5 Å². The number of piperidine rings is 1. The first-order chi connectivity index (χ1) is 13.8. The predicted molar refractivity (Wildman–Crippen MR) is 112 cm³/mol. The molecule has 2 aliphatic rings. The topological polar surface area (TPSA) is 45.7 Å². The van der Waals surface area contributed by atoms with Crippen molar-refractivity contribution >= 4 is 16.8 Å². The highest BCUT2D eigenvalue weighted by Crippen LogP contribution is 2.21. The van der Waals surface area contributed by atoms with Gasteiger partial charge in [-0.3, -0.25) is 4.79 Å². The fourth-order valence-electron chi connectivity index (χ4n) is 3.96. The highest BCUT2D eigenvalue weighted by atomic mass is 16.5. The van der Waals surface area contributed by atoms with Crippen molar-refractivity contribution in [2.24, 2.45) is 0 Å². The highest BCUT2D eigenvalue weighted by Gasteiger charge is 2.17. The van der Waals surface area contributed by atoms with Crippen LogP contribution in [0.25, 0.3) is 10.9 Å². The van der Waals surface area contributed by atoms with Crippen LogP contribution in [0.1, 0.15) is 42.6 Å². The molecule has 2 aliphatic heterocycles. The highest BCUT2D eigenvalue weighted by molar-refractivity contribution is 5.95. The van der Waals surface area contributed by atoms with Gasteiger partial charge in [0, 0.05) is 25.0 Å². The van der Waals surface area contributed by atoms with E-state index in [0.29, 0.717) is 12.2 Å². The zero-order valence-electron chi connectivity index (χ0n) is 16.5. The molecule has 1 fully saturated rings. The van der Waals surface area contributed by atoms with Gasteiger partial charge in [-0.2, -0.15) is 0 Å². The molecule has 0 unspecified atom stereocenters. The Morgan fingerprint density at radius 3 is 2.75 bits per heavy atom. The quantitative estimate of drug-likeness (QED) is 0.564. The van der Waals surface area contributed by atoms with E-state index in [9.17, 15) is 4.79 Å². The van der Waals surface area contributed by atoms with Crippen LogP contribution in [-0.2, 0) is 0 Å². The maximum Gasteiger partial charge on any atom is 0.272 e. The average Bonchev–Trinajstić information content (AvgIpc) is 2.77. The molecule has 4 rings (SSSR count). The molecule has 5 nitrogen and oxygen atoms in total. The standard InChI is InChI=1S/C23H29N3O2/c27-23(26-15-5-2-6-16-26)22-10-8-19-18-20(9-11-21(19)24-22)28-17-7-14-25-12-3-1-4-13-25/h2,5,8-11,18H,1,3-4,6-7,12-17H2. The Morgan fingerprint density at radius 2 is 1.93 bits per heavy atom. The van der Waals surface area contributed by atoms with E-state index in [4.69, 9.17) is 4.74 Å². The van der Waals surface area contributed by atoms with Gasteiger partial charge in [0.05, 0.1) is 12.1 Å². The smallest absolute Gasteiger partial charge is 0.272 e. The molecular formula is C23H29N3O2. The van der Waals surface area contributed by atoms with Crippen molar-refractivity contribution in [3.63, 3.8) is 0 Å². The fourth-order valence-corrected chi connectivity index (χ4v) is 3.96. The second kappa shape index (κ2) is 9.20. The van der Waals surface area contributed by atoms with Gasteiger partial charge in [0.25, 0.3) is 5.91 Å². The Hall–Kier alpha value is -2.40. The molecule has 0 aliphatic carbocycles. The van der Waals surface area contributed by atoms with Crippen LogP contribution in [0.4, 0.5) is 0 Å². The summed E-state index contributed by atoms with van der Waals surface area (Å²) in [6, 6.07) is 9.70. The van der Waals surface area contributed by atoms with Gasteiger partial charge in [-0.05, 0) is 63.0 Å². The number of nitrogens with zero attached hydrogens (tertiary/aromatic N) is 3. The van der Waals surface area contributed by atoms with E-state index in [1.54, 1.807) is 0 Å². The summed E-state index contributed by atoms with van der Waals surface area (Å²) in [6.07, 6.45) is 10.2. The van der Waals surface area contributed by atoms with Crippen LogP contribution in [0.2, 0.25) is 0 Å². The summed E-state index contributed by atoms with van der Waals surface area (Å²) in [5.41, 5.74) is 1.34. The van der Waals surface area contributed by atoms with Gasteiger partial charge < -0.3 is 14.5 Å². The second-order valence-electron chi connectivity index (χ2n) is 7.67. The lowest BCUT2D eigenvalue weighted by Crippen LogP contribution is -2.34. The number of carbonyl (C=O) groups excluding carboxylic acids is 1. The molecule has 1 amide bonds. The number of aromatic nitrogens is 1. The second-order valence-corrected chi connectivity index (χ2v) is 7.67. The van der Waals surface area contributed by atoms with Crippen molar-refractivity contribution in [2.75, 3.05) is 39.3 Å². The Labute approximate surface area is 167 Å². The predicted octanol–water partition coefficient (Wildman–Crippen LogP) is 3.89. The van der Waals surface area contributed by atoms with E-state index in [1.165, 1.54) is 32.4 Å². The maximum absolute atomic E-state index is 12.6. The van der Waals surface area contributed by atoms with E-state index in [1.807, 2.05) is 41.3 Å². The lowest BCUT2D eigenvalue weighted by molar-refractivity contribution is 0.0765. The first-order valence-corrected chi connectivity index (χ1v) is 10.5. The number of likely N-dealkylation sites (tertiary alicyclic amines) is 1. The van der Waals surface area contributed by atoms with Crippen LogP contribution >= 0.6 is 0 Å². The van der Waals surface area contributed by atoms with Crippen LogP contribution in [-0.4, -0.2) is 60.0 Å². The molecule has 1 saturated heterocycles. The molecule has 0 N–H and O–H groups in total. The summed E-state index contributed by atoms with van der Waals surface area (Å²) < 4.78 is 5.94. The van der Waals surface area contributed by atoms with Crippen LogP contribution in [0, 0.1) is 0 Å². The molecule has 0 atom stereocenters. The molecule has 1 aromatic heterocycles. The zero-order valence-corrected chi connectivity index (χ0v) is 16.5. The Balaban J connectivity index is 1.33. The van der Waals surface area contributed by atoms with Crippen LogP contribution in [0.3, 0.4) is 0 Å². The normalized spacial score (nSPS) is 17.8. The summed E-state index contributed by atoms with van der Waals surface area (Å²) in [5.74, 6) is 0.873. The molecule has 1 aromatic carbocycles. The molecule has 2 aromatic rings. The third-order valence-corrected chi connectivity index (χ3v) is 5.56. The summed E-state index contributed by atoms with van der Waals surface area (Å²) in [6.45, 7) is 5.75. The van der Waals surface area contributed by atoms with Crippen molar-refractivity contribution in [2.45, 2.75) is 32.1 Å². The number of rotatable bonds is 6. The molecular weight excluding hydrogens is 350 g/mol. The summed E-state index contributed by atoms with van der Waals surface area (Å²) in [7, 11) is 0. The molecule has 5 heteroatoms. The Morgan fingerprint density at radius 1 is 1.04 bits per heavy atom. The lowest BCUT2D eigenvalue weighted by atomic mass is 10.1. The van der Waals surface area contributed by atoms with Gasteiger partial charge in [0.1, 0.15) is 11.4 Å². The van der Waals surface area contributed by atoms with Gasteiger partial charge in [-0.25, -0.2) is 4.98 Å². The lowest BCUT2D eigenvalue weighted by Gasteiger charge is -2.26. The van der Waals surface area contributed by atoms with Crippen molar-refractivity contribution < 1.29 is 9.53 Å². The number of carbonyl (C=O) groups is 1.